The van der Waals surface area contributed by atoms with E-state index in [0.717, 1.165) is 42.3 Å². The topological polar surface area (TPSA) is 70.0 Å². The van der Waals surface area contributed by atoms with Crippen LogP contribution < -0.4 is 10.2 Å². The van der Waals surface area contributed by atoms with Gasteiger partial charge in [-0.05, 0) is 24.0 Å². The van der Waals surface area contributed by atoms with Crippen LogP contribution in [0.2, 0.25) is 0 Å². The highest BCUT2D eigenvalue weighted by atomic mass is 16.1. The molecule has 0 radical (unpaired) electrons. The van der Waals surface area contributed by atoms with Gasteiger partial charge in [0.15, 0.2) is 11.6 Å². The van der Waals surface area contributed by atoms with Gasteiger partial charge in [0.05, 0.1) is 12.0 Å². The van der Waals surface area contributed by atoms with E-state index in [9.17, 15) is 4.79 Å². The Labute approximate surface area is 146 Å². The predicted octanol–water partition coefficient (Wildman–Crippen LogP) is 2.81. The van der Waals surface area contributed by atoms with Crippen LogP contribution in [0.4, 0.5) is 5.69 Å². The Kier molecular flexibility index (Phi) is 2.83. The molecule has 1 spiro atoms. The van der Waals surface area contributed by atoms with E-state index in [1.165, 1.54) is 5.57 Å². The Balaban J connectivity index is 1.56. The minimum Gasteiger partial charge on any atom is -0.369 e. The summed E-state index contributed by atoms with van der Waals surface area (Å²) >= 11 is 0. The lowest BCUT2D eigenvalue weighted by atomic mass is 9.60. The third kappa shape index (κ3) is 2.03. The Morgan fingerprint density at radius 3 is 2.68 bits per heavy atom. The van der Waals surface area contributed by atoms with Gasteiger partial charge in [-0.3, -0.25) is 9.78 Å². The van der Waals surface area contributed by atoms with Gasteiger partial charge < -0.3 is 10.2 Å². The average molecular weight is 335 g/mol. The number of Topliss-reactive ketones (excluding diaryl/α,β-unsaturated/α-hetero) is 1. The zero-order chi connectivity index (χ0) is 17.2. The Morgan fingerprint density at radius 2 is 1.92 bits per heavy atom. The van der Waals surface area contributed by atoms with Crippen LogP contribution >= 0.6 is 0 Å². The van der Waals surface area contributed by atoms with Crippen molar-refractivity contribution < 1.29 is 4.79 Å². The summed E-state index contributed by atoms with van der Waals surface area (Å²) in [5.41, 5.74) is 4.16. The van der Waals surface area contributed by atoms with Gasteiger partial charge in [-0.2, -0.15) is 5.11 Å². The van der Waals surface area contributed by atoms with Crippen LogP contribution in [0.25, 0.3) is 0 Å². The molecule has 1 fully saturated rings. The number of dihydropyridines is 1. The van der Waals surface area contributed by atoms with Gasteiger partial charge in [0, 0.05) is 54.4 Å². The second kappa shape index (κ2) is 4.77. The Hall–Kier alpha value is -2.50. The lowest BCUT2D eigenvalue weighted by Crippen LogP contribution is -2.62. The number of hydrogen-bond donors (Lipinski definition) is 1. The van der Waals surface area contributed by atoms with Crippen LogP contribution in [0.3, 0.4) is 0 Å². The number of ketones is 1. The maximum Gasteiger partial charge on any atom is 0.162 e. The molecule has 6 nitrogen and oxygen atoms in total. The third-order valence-electron chi connectivity index (χ3n) is 5.84. The standard InChI is InChI=1S/C19H21N5O/c1-18(2)7-14-16(15(25)8-18)19(13-9-21-23-17(13)22-14)10-24(11-19)12-3-5-20-6-4-12/h3-6,22H,7-11H2,1-2H3. The number of anilines is 1. The molecule has 4 heterocycles. The first-order valence-corrected chi connectivity index (χ1v) is 8.79. The quantitative estimate of drug-likeness (QED) is 0.857. The van der Waals surface area contributed by atoms with Crippen LogP contribution in [0.1, 0.15) is 26.7 Å². The summed E-state index contributed by atoms with van der Waals surface area (Å²) in [6.45, 7) is 6.54. The zero-order valence-corrected chi connectivity index (χ0v) is 14.5. The summed E-state index contributed by atoms with van der Waals surface area (Å²) in [5, 5.41) is 12.0. The number of hydrogen-bond acceptors (Lipinski definition) is 6. The van der Waals surface area contributed by atoms with E-state index < -0.39 is 0 Å². The second-order valence-corrected chi connectivity index (χ2v) is 8.29. The molecule has 128 valence electrons. The van der Waals surface area contributed by atoms with E-state index in [0.29, 0.717) is 13.0 Å². The minimum absolute atomic E-state index is 0.00749. The Morgan fingerprint density at radius 1 is 1.16 bits per heavy atom. The van der Waals surface area contributed by atoms with Gasteiger partial charge in [-0.15, -0.1) is 5.11 Å². The fraction of sp³-hybridized carbons (Fsp3) is 0.474. The number of aromatic nitrogens is 1. The van der Waals surface area contributed by atoms with Crippen molar-refractivity contribution in [3.63, 3.8) is 0 Å². The lowest BCUT2D eigenvalue weighted by Gasteiger charge is -2.56. The monoisotopic (exact) mass is 335 g/mol. The molecule has 0 unspecified atom stereocenters. The van der Waals surface area contributed by atoms with E-state index in [-0.39, 0.29) is 16.6 Å². The highest BCUT2D eigenvalue weighted by Crippen LogP contribution is 2.55. The summed E-state index contributed by atoms with van der Waals surface area (Å²) in [7, 11) is 0. The molecule has 1 N–H and O–H groups in total. The van der Waals surface area contributed by atoms with Crippen LogP contribution in [0.5, 0.6) is 0 Å². The van der Waals surface area contributed by atoms with Crippen molar-refractivity contribution in [1.29, 1.82) is 0 Å². The summed E-state index contributed by atoms with van der Waals surface area (Å²) in [6.07, 6.45) is 5.12. The minimum atomic E-state index is -0.226. The molecule has 0 saturated carbocycles. The predicted molar refractivity (Wildman–Crippen MR) is 93.8 cm³/mol. The second-order valence-electron chi connectivity index (χ2n) is 8.29. The number of rotatable bonds is 1. The van der Waals surface area contributed by atoms with Crippen molar-refractivity contribution in [3.8, 4) is 0 Å². The van der Waals surface area contributed by atoms with E-state index in [1.807, 2.05) is 24.5 Å². The summed E-state index contributed by atoms with van der Waals surface area (Å²) in [6, 6.07) is 4.04. The van der Waals surface area contributed by atoms with Crippen molar-refractivity contribution in [3.05, 3.63) is 47.2 Å². The van der Waals surface area contributed by atoms with Crippen molar-refractivity contribution >= 4 is 11.5 Å². The maximum absolute atomic E-state index is 13.1. The van der Waals surface area contributed by atoms with E-state index in [4.69, 9.17) is 0 Å². The van der Waals surface area contributed by atoms with E-state index in [1.54, 1.807) is 0 Å². The van der Waals surface area contributed by atoms with Crippen LogP contribution in [-0.4, -0.2) is 30.4 Å². The number of carbonyl (C=O) groups excluding carboxylic acids is 1. The third-order valence-corrected chi connectivity index (χ3v) is 5.84. The molecule has 6 heteroatoms. The van der Waals surface area contributed by atoms with Gasteiger partial charge in [-0.25, -0.2) is 0 Å². The number of allylic oxidation sites excluding steroid dienone is 1. The fourth-order valence-corrected chi connectivity index (χ4v) is 4.76. The summed E-state index contributed by atoms with van der Waals surface area (Å²) in [4.78, 5) is 19.5. The number of nitrogens with one attached hydrogen (secondary N) is 1. The van der Waals surface area contributed by atoms with Gasteiger partial charge in [0.2, 0.25) is 0 Å². The van der Waals surface area contributed by atoms with Crippen LogP contribution in [0.15, 0.2) is 57.4 Å². The van der Waals surface area contributed by atoms with Gasteiger partial charge >= 0.3 is 0 Å². The first-order valence-electron chi connectivity index (χ1n) is 8.79. The lowest BCUT2D eigenvalue weighted by molar-refractivity contribution is -0.119. The molecule has 0 atom stereocenters. The van der Waals surface area contributed by atoms with Gasteiger partial charge in [0.1, 0.15) is 0 Å². The molecule has 3 aliphatic heterocycles. The molecular formula is C19H21N5O. The summed E-state index contributed by atoms with van der Waals surface area (Å²) in [5.74, 6) is 1.16. The number of azo groups is 1. The number of fused-ring (bicyclic) bond motifs is 2. The van der Waals surface area contributed by atoms with E-state index >= 15 is 0 Å². The molecule has 0 bridgehead atoms. The van der Waals surface area contributed by atoms with Gasteiger partial charge in [0.25, 0.3) is 0 Å². The number of pyridine rings is 1. The molecule has 5 rings (SSSR count). The highest BCUT2D eigenvalue weighted by molar-refractivity contribution is 6.00. The van der Waals surface area contributed by atoms with Crippen molar-refractivity contribution in [2.45, 2.75) is 26.7 Å². The average Bonchev–Trinajstić information content (AvgIpc) is 2.98. The number of carbonyl (C=O) groups is 1. The first kappa shape index (κ1) is 14.8. The van der Waals surface area contributed by atoms with Crippen LogP contribution in [0, 0.1) is 10.8 Å². The highest BCUT2D eigenvalue weighted by Gasteiger charge is 2.57. The molecule has 0 aromatic carbocycles. The molecule has 1 saturated heterocycles. The first-order chi connectivity index (χ1) is 12.0. The molecule has 1 aromatic rings. The maximum atomic E-state index is 13.1. The van der Waals surface area contributed by atoms with Crippen molar-refractivity contribution in [2.75, 3.05) is 24.5 Å². The van der Waals surface area contributed by atoms with E-state index in [2.05, 4.69) is 39.3 Å². The Bertz CT molecular complexity index is 859. The molecule has 1 aromatic heterocycles. The van der Waals surface area contributed by atoms with Crippen molar-refractivity contribution in [2.24, 2.45) is 21.1 Å². The smallest absolute Gasteiger partial charge is 0.162 e. The van der Waals surface area contributed by atoms with Crippen LogP contribution in [-0.2, 0) is 4.79 Å². The molecule has 25 heavy (non-hydrogen) atoms. The SMILES string of the molecule is CC1(C)CC(=O)C2=C(C1)NC1=C(CN=N1)C21CN(c2ccncc2)C1. The zero-order valence-electron chi connectivity index (χ0n) is 14.5. The molecule has 4 aliphatic rings. The normalized spacial score (nSPS) is 25.7. The van der Waals surface area contributed by atoms with Crippen molar-refractivity contribution in [1.82, 2.24) is 10.3 Å². The van der Waals surface area contributed by atoms with Gasteiger partial charge in [-0.1, -0.05) is 13.8 Å². The molecular weight excluding hydrogens is 314 g/mol. The largest absolute Gasteiger partial charge is 0.369 e. The summed E-state index contributed by atoms with van der Waals surface area (Å²) < 4.78 is 0. The molecule has 0 amide bonds. The number of nitrogens with zero attached hydrogens (tertiary/aromatic N) is 4. The molecule has 1 aliphatic carbocycles. The fourth-order valence-electron chi connectivity index (χ4n) is 4.76.